The van der Waals surface area contributed by atoms with Crippen LogP contribution in [0.3, 0.4) is 0 Å². The number of nitrogens with zero attached hydrogens (tertiary/aromatic N) is 1. The number of carbonyl (C=O) groups excluding carboxylic acids is 3. The van der Waals surface area contributed by atoms with Gasteiger partial charge in [-0.25, -0.2) is 4.79 Å². The fourth-order valence-corrected chi connectivity index (χ4v) is 3.67. The SMILES string of the molecule is Cc1ccccc1C(C(=O)NC(C)C)N(C)C(=O)C(Cc1ccc(O)cc1)NC(=O)OC(C)(C)C. The van der Waals surface area contributed by atoms with Crippen molar-refractivity contribution in [1.82, 2.24) is 15.5 Å². The molecule has 0 spiro atoms. The van der Waals surface area contributed by atoms with Gasteiger partial charge in [0.25, 0.3) is 0 Å². The number of carbonyl (C=O) groups is 3. The molecule has 3 N–H and O–H groups in total. The monoisotopic (exact) mass is 483 g/mol. The number of phenolic OH excluding ortho intramolecular Hbond substituents is 1. The minimum Gasteiger partial charge on any atom is -0.508 e. The Kier molecular flexibility index (Phi) is 9.28. The molecular formula is C27H37N3O5. The summed E-state index contributed by atoms with van der Waals surface area (Å²) in [4.78, 5) is 40.9. The predicted octanol–water partition coefficient (Wildman–Crippen LogP) is 3.86. The Hall–Kier alpha value is -3.55. The van der Waals surface area contributed by atoms with E-state index in [1.54, 1.807) is 40.0 Å². The molecule has 0 aliphatic carbocycles. The molecule has 2 unspecified atom stereocenters. The third-order valence-electron chi connectivity index (χ3n) is 5.26. The van der Waals surface area contributed by atoms with Crippen LogP contribution in [0.4, 0.5) is 4.79 Å². The van der Waals surface area contributed by atoms with E-state index in [9.17, 15) is 19.5 Å². The van der Waals surface area contributed by atoms with E-state index < -0.39 is 29.7 Å². The molecule has 0 aliphatic rings. The number of nitrogens with one attached hydrogen (secondary N) is 2. The van der Waals surface area contributed by atoms with Crippen LogP contribution in [-0.4, -0.2) is 52.6 Å². The van der Waals surface area contributed by atoms with Crippen LogP contribution < -0.4 is 10.6 Å². The van der Waals surface area contributed by atoms with Crippen molar-refractivity contribution in [2.24, 2.45) is 0 Å². The molecule has 8 nitrogen and oxygen atoms in total. The van der Waals surface area contributed by atoms with E-state index in [-0.39, 0.29) is 24.1 Å². The highest BCUT2D eigenvalue weighted by molar-refractivity contribution is 5.92. The summed E-state index contributed by atoms with van der Waals surface area (Å²) < 4.78 is 5.38. The van der Waals surface area contributed by atoms with Crippen molar-refractivity contribution in [1.29, 1.82) is 0 Å². The van der Waals surface area contributed by atoms with E-state index in [0.717, 1.165) is 11.1 Å². The summed E-state index contributed by atoms with van der Waals surface area (Å²) in [7, 11) is 1.56. The maximum atomic E-state index is 13.8. The van der Waals surface area contributed by atoms with Gasteiger partial charge in [0.1, 0.15) is 23.4 Å². The second-order valence-electron chi connectivity index (χ2n) is 9.94. The number of aryl methyl sites for hydroxylation is 1. The zero-order valence-electron chi connectivity index (χ0n) is 21.6. The molecule has 0 aromatic heterocycles. The van der Waals surface area contributed by atoms with Crippen LogP contribution >= 0.6 is 0 Å². The third kappa shape index (κ3) is 8.31. The number of alkyl carbamates (subject to hydrolysis) is 1. The van der Waals surface area contributed by atoms with Gasteiger partial charge in [-0.1, -0.05) is 36.4 Å². The molecule has 0 radical (unpaired) electrons. The fraction of sp³-hybridized carbons (Fsp3) is 0.444. The summed E-state index contributed by atoms with van der Waals surface area (Å²) in [5.41, 5.74) is 1.54. The van der Waals surface area contributed by atoms with Crippen LogP contribution in [0.1, 0.15) is 57.4 Å². The molecule has 2 aromatic rings. The number of hydrogen-bond acceptors (Lipinski definition) is 5. The first-order valence-corrected chi connectivity index (χ1v) is 11.7. The summed E-state index contributed by atoms with van der Waals surface area (Å²) in [6.07, 6.45) is -0.586. The molecule has 0 bridgehead atoms. The Labute approximate surface area is 207 Å². The van der Waals surface area contributed by atoms with Gasteiger partial charge in [-0.05, 0) is 70.4 Å². The standard InChI is InChI=1S/C27H37N3O5/c1-17(2)28-24(32)23(21-11-9-8-10-18(21)3)30(7)25(33)22(29-26(34)35-27(4,5)6)16-19-12-14-20(31)15-13-19/h8-15,17,22-23,31H,16H2,1-7H3,(H,28,32)(H,29,34). The molecule has 2 rings (SSSR count). The summed E-state index contributed by atoms with van der Waals surface area (Å²) >= 11 is 0. The quantitative estimate of drug-likeness (QED) is 0.528. The summed E-state index contributed by atoms with van der Waals surface area (Å²) in [6.45, 7) is 10.8. The van der Waals surface area contributed by atoms with Crippen LogP contribution in [0, 0.1) is 6.92 Å². The smallest absolute Gasteiger partial charge is 0.408 e. The minimum absolute atomic E-state index is 0.0961. The number of aromatic hydroxyl groups is 1. The number of ether oxygens (including phenoxy) is 1. The third-order valence-corrected chi connectivity index (χ3v) is 5.26. The van der Waals surface area contributed by atoms with E-state index in [2.05, 4.69) is 10.6 Å². The number of phenols is 1. The van der Waals surface area contributed by atoms with E-state index >= 15 is 0 Å². The molecule has 35 heavy (non-hydrogen) atoms. The van der Waals surface area contributed by atoms with Crippen molar-refractivity contribution in [2.75, 3.05) is 7.05 Å². The Morgan fingerprint density at radius 2 is 1.60 bits per heavy atom. The van der Waals surface area contributed by atoms with Crippen LogP contribution in [0.2, 0.25) is 0 Å². The Morgan fingerprint density at radius 3 is 2.14 bits per heavy atom. The first kappa shape index (κ1) is 27.7. The lowest BCUT2D eigenvalue weighted by molar-refractivity contribution is -0.141. The molecule has 8 heteroatoms. The molecule has 0 saturated heterocycles. The van der Waals surface area contributed by atoms with Crippen molar-refractivity contribution < 1.29 is 24.2 Å². The summed E-state index contributed by atoms with van der Waals surface area (Å²) in [5.74, 6) is -0.666. The molecule has 0 saturated carbocycles. The second kappa shape index (κ2) is 11.7. The normalized spacial score (nSPS) is 13.0. The molecule has 0 heterocycles. The number of likely N-dealkylation sites (N-methyl/N-ethyl adjacent to an activating group) is 1. The van der Waals surface area contributed by atoms with Gasteiger partial charge in [0.05, 0.1) is 0 Å². The molecule has 190 valence electrons. The molecule has 2 atom stereocenters. The minimum atomic E-state index is -1.00. The maximum Gasteiger partial charge on any atom is 0.408 e. The lowest BCUT2D eigenvalue weighted by Crippen LogP contribution is -2.53. The Bertz CT molecular complexity index is 1030. The van der Waals surface area contributed by atoms with E-state index in [4.69, 9.17) is 4.74 Å². The van der Waals surface area contributed by atoms with E-state index in [1.807, 2.05) is 45.0 Å². The molecule has 0 aliphatic heterocycles. The zero-order valence-corrected chi connectivity index (χ0v) is 21.6. The second-order valence-corrected chi connectivity index (χ2v) is 9.94. The van der Waals surface area contributed by atoms with E-state index in [0.29, 0.717) is 5.56 Å². The number of benzene rings is 2. The van der Waals surface area contributed by atoms with Crippen molar-refractivity contribution in [3.8, 4) is 5.75 Å². The maximum absolute atomic E-state index is 13.8. The first-order valence-electron chi connectivity index (χ1n) is 11.7. The Balaban J connectivity index is 2.42. The average Bonchev–Trinajstić information content (AvgIpc) is 2.74. The van der Waals surface area contributed by atoms with Gasteiger partial charge >= 0.3 is 6.09 Å². The van der Waals surface area contributed by atoms with Gasteiger partial charge in [-0.2, -0.15) is 0 Å². The molecular weight excluding hydrogens is 446 g/mol. The summed E-state index contributed by atoms with van der Waals surface area (Å²) in [6, 6.07) is 11.8. The molecule has 2 aromatic carbocycles. The van der Waals surface area contributed by atoms with Gasteiger partial charge in [0, 0.05) is 19.5 Å². The average molecular weight is 484 g/mol. The first-order chi connectivity index (χ1) is 16.3. The van der Waals surface area contributed by atoms with Gasteiger partial charge in [-0.15, -0.1) is 0 Å². The predicted molar refractivity (Wildman–Crippen MR) is 135 cm³/mol. The van der Waals surface area contributed by atoms with Crippen molar-refractivity contribution in [2.45, 2.75) is 71.7 Å². The van der Waals surface area contributed by atoms with Gasteiger partial charge in [0.15, 0.2) is 0 Å². The number of rotatable bonds is 8. The zero-order chi connectivity index (χ0) is 26.3. The van der Waals surface area contributed by atoms with E-state index in [1.165, 1.54) is 17.0 Å². The number of amides is 3. The fourth-order valence-electron chi connectivity index (χ4n) is 3.67. The van der Waals surface area contributed by atoms with Crippen LogP contribution in [0.25, 0.3) is 0 Å². The lowest BCUT2D eigenvalue weighted by atomic mass is 9.97. The van der Waals surface area contributed by atoms with Gasteiger partial charge in [-0.3, -0.25) is 9.59 Å². The largest absolute Gasteiger partial charge is 0.508 e. The van der Waals surface area contributed by atoms with Crippen LogP contribution in [0.15, 0.2) is 48.5 Å². The highest BCUT2D eigenvalue weighted by atomic mass is 16.6. The van der Waals surface area contributed by atoms with Crippen molar-refractivity contribution in [3.05, 3.63) is 65.2 Å². The van der Waals surface area contributed by atoms with Crippen LogP contribution in [0.5, 0.6) is 5.75 Å². The van der Waals surface area contributed by atoms with Gasteiger partial charge in [0.2, 0.25) is 11.8 Å². The molecule has 0 fully saturated rings. The Morgan fingerprint density at radius 1 is 1.00 bits per heavy atom. The van der Waals surface area contributed by atoms with Gasteiger partial charge < -0.3 is 25.4 Å². The highest BCUT2D eigenvalue weighted by Gasteiger charge is 2.35. The molecule has 3 amide bonds. The lowest BCUT2D eigenvalue weighted by Gasteiger charge is -2.32. The number of hydrogen-bond donors (Lipinski definition) is 3. The van der Waals surface area contributed by atoms with Crippen molar-refractivity contribution >= 4 is 17.9 Å². The highest BCUT2D eigenvalue weighted by Crippen LogP contribution is 2.25. The van der Waals surface area contributed by atoms with Crippen LogP contribution in [-0.2, 0) is 20.7 Å². The summed E-state index contributed by atoms with van der Waals surface area (Å²) in [5, 5.41) is 15.2. The topological polar surface area (TPSA) is 108 Å². The van der Waals surface area contributed by atoms with Crippen molar-refractivity contribution in [3.63, 3.8) is 0 Å².